The molecule has 24 heavy (non-hydrogen) atoms. The highest BCUT2D eigenvalue weighted by Gasteiger charge is 2.06. The van der Waals surface area contributed by atoms with Gasteiger partial charge in [-0.2, -0.15) is 0 Å². The molecule has 0 aliphatic heterocycles. The zero-order valence-electron chi connectivity index (χ0n) is 12.3. The van der Waals surface area contributed by atoms with Gasteiger partial charge < -0.3 is 4.57 Å². The van der Waals surface area contributed by atoms with Crippen LogP contribution in [0.5, 0.6) is 0 Å². The zero-order valence-corrected chi connectivity index (χ0v) is 13.1. The Labute approximate surface area is 141 Å². The van der Waals surface area contributed by atoms with Crippen LogP contribution in [0.4, 0.5) is 4.39 Å². The van der Waals surface area contributed by atoms with Crippen LogP contribution in [-0.4, -0.2) is 16.4 Å². The molecule has 0 fully saturated rings. The minimum atomic E-state index is -0.678. The van der Waals surface area contributed by atoms with Crippen molar-refractivity contribution in [1.82, 2.24) is 15.4 Å². The molecule has 0 atom stereocenters. The number of aromatic nitrogens is 1. The van der Waals surface area contributed by atoms with Crippen molar-refractivity contribution < 1.29 is 14.0 Å². The van der Waals surface area contributed by atoms with Crippen molar-refractivity contribution in [3.8, 4) is 0 Å². The monoisotopic (exact) mass is 349 g/mol. The van der Waals surface area contributed by atoms with Gasteiger partial charge in [-0.1, -0.05) is 23.7 Å². The highest BCUT2D eigenvalue weighted by atomic mass is 35.5. The third-order valence-corrected chi connectivity index (χ3v) is 3.27. The third-order valence-electron chi connectivity index (χ3n) is 2.94. The molecular formula is C16H13ClFN3O3. The van der Waals surface area contributed by atoms with E-state index >= 15 is 0 Å². The zero-order chi connectivity index (χ0) is 17.5. The van der Waals surface area contributed by atoms with Crippen molar-refractivity contribution in [3.05, 3.63) is 75.4 Å². The van der Waals surface area contributed by atoms with Crippen molar-refractivity contribution in [3.63, 3.8) is 0 Å². The van der Waals surface area contributed by atoms with E-state index in [0.717, 1.165) is 6.08 Å². The first-order chi connectivity index (χ1) is 11.5. The van der Waals surface area contributed by atoms with E-state index in [1.54, 1.807) is 12.1 Å². The Morgan fingerprint density at radius 2 is 1.96 bits per heavy atom. The van der Waals surface area contributed by atoms with Crippen molar-refractivity contribution in [2.24, 2.45) is 0 Å². The summed E-state index contributed by atoms with van der Waals surface area (Å²) in [7, 11) is 0. The van der Waals surface area contributed by atoms with E-state index in [1.165, 1.54) is 41.1 Å². The van der Waals surface area contributed by atoms with Crippen LogP contribution in [0.25, 0.3) is 6.08 Å². The van der Waals surface area contributed by atoms with Crippen molar-refractivity contribution in [2.75, 3.05) is 0 Å². The van der Waals surface area contributed by atoms with Crippen LogP contribution in [0.3, 0.4) is 0 Å². The van der Waals surface area contributed by atoms with E-state index in [2.05, 4.69) is 10.9 Å². The van der Waals surface area contributed by atoms with Gasteiger partial charge in [0.1, 0.15) is 12.4 Å². The van der Waals surface area contributed by atoms with Gasteiger partial charge in [0.25, 0.3) is 17.4 Å². The van der Waals surface area contributed by atoms with Gasteiger partial charge in [0.15, 0.2) is 0 Å². The van der Waals surface area contributed by atoms with Crippen LogP contribution in [0.15, 0.2) is 53.5 Å². The number of halogens is 2. The number of carbonyl (C=O) groups is 2. The summed E-state index contributed by atoms with van der Waals surface area (Å²) in [5.74, 6) is -1.84. The van der Waals surface area contributed by atoms with Crippen LogP contribution in [0.1, 0.15) is 5.56 Å². The van der Waals surface area contributed by atoms with Crippen LogP contribution in [0.2, 0.25) is 5.02 Å². The highest BCUT2D eigenvalue weighted by molar-refractivity contribution is 6.32. The Kier molecular flexibility index (Phi) is 5.86. The lowest BCUT2D eigenvalue weighted by atomic mass is 10.2. The molecule has 0 aliphatic rings. The first kappa shape index (κ1) is 17.4. The van der Waals surface area contributed by atoms with Gasteiger partial charge in [-0.15, -0.1) is 0 Å². The Hall–Kier alpha value is -2.93. The number of rotatable bonds is 4. The van der Waals surface area contributed by atoms with Gasteiger partial charge in [0, 0.05) is 23.9 Å². The van der Waals surface area contributed by atoms with Crippen LogP contribution in [-0.2, 0) is 16.1 Å². The molecule has 2 rings (SSSR count). The summed E-state index contributed by atoms with van der Waals surface area (Å²) in [5, 5.41) is 0.159. The second kappa shape index (κ2) is 8.07. The number of pyridine rings is 1. The first-order valence-electron chi connectivity index (χ1n) is 6.84. The minimum Gasteiger partial charge on any atom is -0.306 e. The van der Waals surface area contributed by atoms with E-state index in [-0.39, 0.29) is 22.7 Å². The summed E-state index contributed by atoms with van der Waals surface area (Å²) in [6, 6.07) is 8.61. The standard InChI is InChI=1S/C16H13ClFN3O3/c17-12-4-3-5-13(18)11(12)7-8-14(22)19-20-15(23)10-21-9-2-1-6-16(21)24/h1-9H,10H2,(H,19,22)(H,20,23)/b8-7+. The van der Waals surface area contributed by atoms with Gasteiger partial charge in [0.05, 0.1) is 5.02 Å². The third kappa shape index (κ3) is 4.79. The molecular weight excluding hydrogens is 337 g/mol. The maximum atomic E-state index is 13.5. The van der Waals surface area contributed by atoms with E-state index < -0.39 is 17.6 Å². The number of nitrogens with zero attached hydrogens (tertiary/aromatic N) is 1. The molecule has 1 aromatic carbocycles. The second-order valence-electron chi connectivity index (χ2n) is 4.67. The van der Waals surface area contributed by atoms with E-state index in [9.17, 15) is 18.8 Å². The molecule has 2 N–H and O–H groups in total. The van der Waals surface area contributed by atoms with Crippen molar-refractivity contribution >= 4 is 29.5 Å². The molecule has 6 nitrogen and oxygen atoms in total. The van der Waals surface area contributed by atoms with Gasteiger partial charge in [0.2, 0.25) is 0 Å². The fourth-order valence-electron chi connectivity index (χ4n) is 1.79. The summed E-state index contributed by atoms with van der Waals surface area (Å²) < 4.78 is 14.7. The van der Waals surface area contributed by atoms with E-state index in [1.807, 2.05) is 0 Å². The van der Waals surface area contributed by atoms with Gasteiger partial charge in [-0.3, -0.25) is 25.2 Å². The van der Waals surface area contributed by atoms with Crippen molar-refractivity contribution in [2.45, 2.75) is 6.54 Å². The first-order valence-corrected chi connectivity index (χ1v) is 7.21. The van der Waals surface area contributed by atoms with E-state index in [0.29, 0.717) is 0 Å². The summed E-state index contributed by atoms with van der Waals surface area (Å²) >= 11 is 5.82. The summed E-state index contributed by atoms with van der Waals surface area (Å²) in [4.78, 5) is 34.7. The lowest BCUT2D eigenvalue weighted by Crippen LogP contribution is -2.43. The average Bonchev–Trinajstić information content (AvgIpc) is 2.54. The fraction of sp³-hybridized carbons (Fsp3) is 0.0625. The number of amides is 2. The topological polar surface area (TPSA) is 80.2 Å². The minimum absolute atomic E-state index is 0.0662. The smallest absolute Gasteiger partial charge is 0.262 e. The molecule has 0 unspecified atom stereocenters. The van der Waals surface area contributed by atoms with Crippen molar-refractivity contribution in [1.29, 1.82) is 0 Å². The number of hydrogen-bond acceptors (Lipinski definition) is 3. The SMILES string of the molecule is O=C(/C=C/c1c(F)cccc1Cl)NNC(=O)Cn1ccccc1=O. The lowest BCUT2D eigenvalue weighted by molar-refractivity contribution is -0.127. The predicted molar refractivity (Wildman–Crippen MR) is 87.4 cm³/mol. The maximum Gasteiger partial charge on any atom is 0.262 e. The summed E-state index contributed by atoms with van der Waals surface area (Å²) in [6.07, 6.45) is 3.67. The molecule has 1 heterocycles. The molecule has 124 valence electrons. The number of benzene rings is 1. The summed E-state index contributed by atoms with van der Waals surface area (Å²) in [6.45, 7) is -0.247. The predicted octanol–water partition coefficient (Wildman–Crippen LogP) is 1.50. The normalized spacial score (nSPS) is 10.6. The Morgan fingerprint density at radius 1 is 1.17 bits per heavy atom. The van der Waals surface area contributed by atoms with Gasteiger partial charge >= 0.3 is 0 Å². The number of hydrazine groups is 1. The average molecular weight is 350 g/mol. The molecule has 0 bridgehead atoms. The molecule has 0 saturated heterocycles. The van der Waals surface area contributed by atoms with Crippen LogP contribution < -0.4 is 16.4 Å². The van der Waals surface area contributed by atoms with E-state index in [4.69, 9.17) is 11.6 Å². The molecule has 0 saturated carbocycles. The molecule has 1 aromatic heterocycles. The highest BCUT2D eigenvalue weighted by Crippen LogP contribution is 2.20. The molecule has 2 aromatic rings. The molecule has 0 radical (unpaired) electrons. The number of hydrogen-bond donors (Lipinski definition) is 2. The van der Waals surface area contributed by atoms with Crippen LogP contribution in [0, 0.1) is 5.82 Å². The lowest BCUT2D eigenvalue weighted by Gasteiger charge is -2.07. The maximum absolute atomic E-state index is 13.5. The van der Waals surface area contributed by atoms with Gasteiger partial charge in [-0.05, 0) is 24.3 Å². The molecule has 0 spiro atoms. The summed E-state index contributed by atoms with van der Waals surface area (Å²) in [5.41, 5.74) is 4.00. The number of nitrogens with one attached hydrogen (secondary N) is 2. The molecule has 8 heteroatoms. The molecule has 0 aliphatic carbocycles. The molecule has 2 amide bonds. The Bertz CT molecular complexity index is 828. The fourth-order valence-corrected chi connectivity index (χ4v) is 2.01. The quantitative estimate of drug-likeness (QED) is 0.648. The Balaban J connectivity index is 1.89. The van der Waals surface area contributed by atoms with Gasteiger partial charge in [-0.25, -0.2) is 4.39 Å². The van der Waals surface area contributed by atoms with Crippen LogP contribution >= 0.6 is 11.6 Å². The Morgan fingerprint density at radius 3 is 2.67 bits per heavy atom. The number of carbonyl (C=O) groups excluding carboxylic acids is 2. The second-order valence-corrected chi connectivity index (χ2v) is 5.08. The largest absolute Gasteiger partial charge is 0.306 e.